The molecule has 0 N–H and O–H groups in total. The van der Waals surface area contributed by atoms with Gasteiger partial charge in [-0.25, -0.2) is 0 Å². The van der Waals surface area contributed by atoms with Crippen LogP contribution in [-0.4, -0.2) is 43.5 Å². The Kier molecular flexibility index (Phi) is 5.32. The molecule has 1 aromatic rings. The minimum absolute atomic E-state index is 0.215. The van der Waals surface area contributed by atoms with Crippen LogP contribution in [0.2, 0.25) is 0 Å². The Morgan fingerprint density at radius 3 is 2.70 bits per heavy atom. The highest BCUT2D eigenvalue weighted by Crippen LogP contribution is 2.35. The molecule has 0 saturated heterocycles. The summed E-state index contributed by atoms with van der Waals surface area (Å²) in [4.78, 5) is 14.8. The van der Waals surface area contributed by atoms with Crippen LogP contribution in [-0.2, 0) is 4.74 Å². The highest BCUT2D eigenvalue weighted by atomic mass is 16.5. The molecule has 1 atom stereocenters. The quantitative estimate of drug-likeness (QED) is 0.683. The molecule has 1 aliphatic carbocycles. The summed E-state index contributed by atoms with van der Waals surface area (Å²) in [5.74, 6) is 0.975. The first-order valence-corrected chi connectivity index (χ1v) is 7.45. The molecule has 0 bridgehead atoms. The largest absolute Gasteiger partial charge is 0.383 e. The smallest absolute Gasteiger partial charge is 0.177 e. The average Bonchev–Trinajstić information content (AvgIpc) is 3.27. The van der Waals surface area contributed by atoms with E-state index in [2.05, 4.69) is 11.8 Å². The molecule has 1 unspecified atom stereocenters. The van der Waals surface area contributed by atoms with Crippen molar-refractivity contribution >= 4 is 5.78 Å². The maximum atomic E-state index is 12.5. The number of rotatable bonds is 8. The molecule has 1 saturated carbocycles. The maximum absolute atomic E-state index is 12.5. The van der Waals surface area contributed by atoms with Crippen LogP contribution in [0.25, 0.3) is 0 Å². The number of nitrogens with zero attached hydrogens (tertiary/aromatic N) is 1. The third-order valence-corrected chi connectivity index (χ3v) is 4.25. The summed E-state index contributed by atoms with van der Waals surface area (Å²) in [5.41, 5.74) is 1.90. The van der Waals surface area contributed by atoms with E-state index in [1.165, 1.54) is 12.8 Å². The Bertz CT molecular complexity index is 454. The van der Waals surface area contributed by atoms with Crippen LogP contribution in [0.5, 0.6) is 0 Å². The van der Waals surface area contributed by atoms with Crippen molar-refractivity contribution in [1.29, 1.82) is 0 Å². The van der Waals surface area contributed by atoms with E-state index in [1.54, 1.807) is 7.11 Å². The molecule has 1 aromatic carbocycles. The zero-order valence-corrected chi connectivity index (χ0v) is 12.8. The standard InChI is InChI=1S/C17H25NO2/c1-13-6-4-5-7-16(13)17(19)12-18(10-11-20-3)14(2)15-8-9-15/h4-7,14-15H,8-12H2,1-3H3. The Balaban J connectivity index is 2.02. The van der Waals surface area contributed by atoms with Crippen molar-refractivity contribution in [2.75, 3.05) is 26.8 Å². The van der Waals surface area contributed by atoms with E-state index >= 15 is 0 Å². The van der Waals surface area contributed by atoms with E-state index < -0.39 is 0 Å². The fourth-order valence-corrected chi connectivity index (χ4v) is 2.67. The SMILES string of the molecule is COCCN(CC(=O)c1ccccc1C)C(C)C1CC1. The van der Waals surface area contributed by atoms with Gasteiger partial charge in [0.05, 0.1) is 13.2 Å². The lowest BCUT2D eigenvalue weighted by Crippen LogP contribution is -2.40. The van der Waals surface area contributed by atoms with Crippen molar-refractivity contribution in [2.45, 2.75) is 32.7 Å². The van der Waals surface area contributed by atoms with E-state index in [-0.39, 0.29) is 5.78 Å². The summed E-state index contributed by atoms with van der Waals surface area (Å²) in [6, 6.07) is 8.30. The van der Waals surface area contributed by atoms with Crippen molar-refractivity contribution in [2.24, 2.45) is 5.92 Å². The summed E-state index contributed by atoms with van der Waals surface area (Å²) in [6.45, 7) is 6.23. The third-order valence-electron chi connectivity index (χ3n) is 4.25. The molecule has 3 nitrogen and oxygen atoms in total. The molecule has 1 fully saturated rings. The van der Waals surface area contributed by atoms with Crippen molar-refractivity contribution in [3.63, 3.8) is 0 Å². The second kappa shape index (κ2) is 7.00. The summed E-state index contributed by atoms with van der Waals surface area (Å²) in [6.07, 6.45) is 2.59. The second-order valence-corrected chi connectivity index (χ2v) is 5.78. The Labute approximate surface area is 121 Å². The van der Waals surface area contributed by atoms with Gasteiger partial charge in [0.1, 0.15) is 0 Å². The molecule has 0 radical (unpaired) electrons. The van der Waals surface area contributed by atoms with Crippen LogP contribution < -0.4 is 0 Å². The summed E-state index contributed by atoms with van der Waals surface area (Å²) >= 11 is 0. The van der Waals surface area contributed by atoms with Gasteiger partial charge in [0.15, 0.2) is 5.78 Å². The van der Waals surface area contributed by atoms with Gasteiger partial charge in [-0.15, -0.1) is 0 Å². The molecule has 1 aliphatic rings. The highest BCUT2D eigenvalue weighted by Gasteiger charge is 2.32. The highest BCUT2D eigenvalue weighted by molar-refractivity contribution is 5.98. The number of ether oxygens (including phenoxy) is 1. The topological polar surface area (TPSA) is 29.5 Å². The van der Waals surface area contributed by atoms with Crippen molar-refractivity contribution in [3.05, 3.63) is 35.4 Å². The molecule has 0 spiro atoms. The monoisotopic (exact) mass is 275 g/mol. The van der Waals surface area contributed by atoms with Crippen molar-refractivity contribution < 1.29 is 9.53 Å². The number of benzene rings is 1. The van der Waals surface area contributed by atoms with Crippen LogP contribution in [0, 0.1) is 12.8 Å². The second-order valence-electron chi connectivity index (χ2n) is 5.78. The van der Waals surface area contributed by atoms with Crippen molar-refractivity contribution in [1.82, 2.24) is 4.90 Å². The van der Waals surface area contributed by atoms with E-state index in [9.17, 15) is 4.79 Å². The lowest BCUT2D eigenvalue weighted by molar-refractivity contribution is 0.0816. The van der Waals surface area contributed by atoms with Crippen LogP contribution in [0.3, 0.4) is 0 Å². The van der Waals surface area contributed by atoms with Crippen molar-refractivity contribution in [3.8, 4) is 0 Å². The first-order valence-electron chi connectivity index (χ1n) is 7.45. The van der Waals surface area contributed by atoms with Crippen LogP contribution in [0.4, 0.5) is 0 Å². The zero-order chi connectivity index (χ0) is 14.5. The number of methoxy groups -OCH3 is 1. The van der Waals surface area contributed by atoms with Crippen LogP contribution in [0.15, 0.2) is 24.3 Å². The fraction of sp³-hybridized carbons (Fsp3) is 0.588. The van der Waals surface area contributed by atoms with Gasteiger partial charge >= 0.3 is 0 Å². The number of carbonyl (C=O) groups is 1. The average molecular weight is 275 g/mol. The van der Waals surface area contributed by atoms with Gasteiger partial charge in [0.25, 0.3) is 0 Å². The van der Waals surface area contributed by atoms with Gasteiger partial charge in [-0.1, -0.05) is 24.3 Å². The Morgan fingerprint density at radius 2 is 2.10 bits per heavy atom. The molecule has 110 valence electrons. The van der Waals surface area contributed by atoms with Crippen LogP contribution in [0.1, 0.15) is 35.7 Å². The lowest BCUT2D eigenvalue weighted by atomic mass is 10.0. The van der Waals surface area contributed by atoms with Gasteiger partial charge in [-0.2, -0.15) is 0 Å². The number of aryl methyl sites for hydroxylation is 1. The van der Waals surface area contributed by atoms with Gasteiger partial charge in [-0.05, 0) is 38.2 Å². The van der Waals surface area contributed by atoms with Gasteiger partial charge in [0, 0.05) is 25.3 Å². The fourth-order valence-electron chi connectivity index (χ4n) is 2.67. The molecule has 2 rings (SSSR count). The number of hydrogen-bond acceptors (Lipinski definition) is 3. The molecular weight excluding hydrogens is 250 g/mol. The minimum Gasteiger partial charge on any atom is -0.383 e. The first-order chi connectivity index (χ1) is 9.63. The zero-order valence-electron chi connectivity index (χ0n) is 12.8. The summed E-state index contributed by atoms with van der Waals surface area (Å²) in [7, 11) is 1.71. The summed E-state index contributed by atoms with van der Waals surface area (Å²) < 4.78 is 5.18. The first kappa shape index (κ1) is 15.2. The number of carbonyl (C=O) groups excluding carboxylic acids is 1. The maximum Gasteiger partial charge on any atom is 0.177 e. The number of Topliss-reactive ketones (excluding diaryl/α,β-unsaturated/α-hetero) is 1. The molecule has 0 aliphatic heterocycles. The van der Waals surface area contributed by atoms with E-state index in [0.717, 1.165) is 23.6 Å². The molecule has 20 heavy (non-hydrogen) atoms. The molecule has 3 heteroatoms. The van der Waals surface area contributed by atoms with Gasteiger partial charge in [-0.3, -0.25) is 9.69 Å². The van der Waals surface area contributed by atoms with E-state index in [0.29, 0.717) is 19.2 Å². The number of ketones is 1. The third kappa shape index (κ3) is 3.90. The predicted octanol–water partition coefficient (Wildman–Crippen LogP) is 2.92. The molecule has 0 heterocycles. The molecule has 0 amide bonds. The lowest BCUT2D eigenvalue weighted by Gasteiger charge is -2.28. The number of hydrogen-bond donors (Lipinski definition) is 0. The summed E-state index contributed by atoms with van der Waals surface area (Å²) in [5, 5.41) is 0. The van der Waals surface area contributed by atoms with E-state index in [1.807, 2.05) is 31.2 Å². The van der Waals surface area contributed by atoms with Gasteiger partial charge < -0.3 is 4.74 Å². The molecule has 0 aromatic heterocycles. The normalized spacial score (nSPS) is 16.4. The molecular formula is C17H25NO2. The van der Waals surface area contributed by atoms with Crippen LogP contribution >= 0.6 is 0 Å². The Hall–Kier alpha value is -1.19. The Morgan fingerprint density at radius 1 is 1.40 bits per heavy atom. The van der Waals surface area contributed by atoms with Gasteiger partial charge in [0.2, 0.25) is 0 Å². The predicted molar refractivity (Wildman–Crippen MR) is 81.1 cm³/mol. The van der Waals surface area contributed by atoms with E-state index in [4.69, 9.17) is 4.74 Å². The minimum atomic E-state index is 0.215.